The molecular formula is C21H25BrN2O2. The van der Waals surface area contributed by atoms with Crippen molar-refractivity contribution in [2.45, 2.75) is 50.5 Å². The molecule has 1 aromatic heterocycles. The van der Waals surface area contributed by atoms with E-state index < -0.39 is 6.04 Å². The van der Waals surface area contributed by atoms with Gasteiger partial charge in [0.15, 0.2) is 0 Å². The highest BCUT2D eigenvalue weighted by molar-refractivity contribution is 9.10. The Balaban J connectivity index is 1.89. The highest BCUT2D eigenvalue weighted by atomic mass is 79.9. The van der Waals surface area contributed by atoms with Crippen LogP contribution < -0.4 is 5.56 Å². The lowest BCUT2D eigenvalue weighted by atomic mass is 9.74. The molecule has 1 fully saturated rings. The molecule has 0 aliphatic heterocycles. The van der Waals surface area contributed by atoms with Gasteiger partial charge < -0.3 is 4.57 Å². The number of benzene rings is 1. The predicted octanol–water partition coefficient (Wildman–Crippen LogP) is 5.71. The van der Waals surface area contributed by atoms with Gasteiger partial charge in [-0.2, -0.15) is 4.91 Å². The van der Waals surface area contributed by atoms with Gasteiger partial charge in [0.1, 0.15) is 6.04 Å². The average Bonchev–Trinajstić information content (AvgIpc) is 2.67. The first-order chi connectivity index (χ1) is 12.6. The maximum absolute atomic E-state index is 11.7. The summed E-state index contributed by atoms with van der Waals surface area (Å²) in [6.45, 7) is 0. The summed E-state index contributed by atoms with van der Waals surface area (Å²) in [5.74, 6) is 0.894. The van der Waals surface area contributed by atoms with Gasteiger partial charge in [-0.15, -0.1) is 0 Å². The third-order valence-electron chi connectivity index (χ3n) is 5.61. The van der Waals surface area contributed by atoms with Crippen LogP contribution in [0.1, 0.15) is 61.6 Å². The van der Waals surface area contributed by atoms with Crippen LogP contribution in [-0.2, 0) is 7.05 Å². The van der Waals surface area contributed by atoms with Crippen molar-refractivity contribution in [3.8, 4) is 0 Å². The summed E-state index contributed by atoms with van der Waals surface area (Å²) in [6.07, 6.45) is 8.67. The number of rotatable bonds is 6. The number of hydrogen-bond donors (Lipinski definition) is 0. The first kappa shape index (κ1) is 19.0. The topological polar surface area (TPSA) is 51.4 Å². The molecule has 2 aromatic rings. The molecule has 1 aliphatic carbocycles. The highest BCUT2D eigenvalue weighted by Crippen LogP contribution is 2.42. The first-order valence-corrected chi connectivity index (χ1v) is 10.1. The van der Waals surface area contributed by atoms with Crippen molar-refractivity contribution in [1.29, 1.82) is 0 Å². The summed E-state index contributed by atoms with van der Waals surface area (Å²) in [7, 11) is 1.71. The summed E-state index contributed by atoms with van der Waals surface area (Å²) < 4.78 is 2.58. The van der Waals surface area contributed by atoms with Crippen LogP contribution in [0.2, 0.25) is 0 Å². The van der Waals surface area contributed by atoms with Gasteiger partial charge in [-0.25, -0.2) is 0 Å². The zero-order valence-corrected chi connectivity index (χ0v) is 16.7. The van der Waals surface area contributed by atoms with Crippen molar-refractivity contribution in [3.05, 3.63) is 73.5 Å². The van der Waals surface area contributed by atoms with Gasteiger partial charge >= 0.3 is 0 Å². The Labute approximate surface area is 162 Å². The molecule has 0 bridgehead atoms. The molecule has 1 heterocycles. The molecule has 1 aromatic carbocycles. The normalized spacial score (nSPS) is 17.6. The Bertz CT molecular complexity index is 794. The van der Waals surface area contributed by atoms with E-state index in [9.17, 15) is 9.70 Å². The number of pyridine rings is 1. The molecule has 2 unspecified atom stereocenters. The Hall–Kier alpha value is -1.75. The fraction of sp³-hybridized carbons (Fsp3) is 0.476. The van der Waals surface area contributed by atoms with Crippen LogP contribution in [0.25, 0.3) is 0 Å². The minimum atomic E-state index is -0.433. The van der Waals surface area contributed by atoms with E-state index in [0.717, 1.165) is 10.0 Å². The van der Waals surface area contributed by atoms with Gasteiger partial charge in [-0.1, -0.05) is 52.5 Å². The van der Waals surface area contributed by atoms with E-state index in [2.05, 4.69) is 45.4 Å². The van der Waals surface area contributed by atoms with Crippen molar-refractivity contribution >= 4 is 15.9 Å². The smallest absolute Gasteiger partial charge is 0.250 e. The van der Waals surface area contributed by atoms with Gasteiger partial charge in [0.25, 0.3) is 0 Å². The van der Waals surface area contributed by atoms with Crippen LogP contribution in [0.15, 0.2) is 57.0 Å². The summed E-state index contributed by atoms with van der Waals surface area (Å²) in [5, 5.41) is 3.43. The molecule has 0 amide bonds. The molecule has 0 radical (unpaired) electrons. The number of nitrogens with zero attached hydrogens (tertiary/aromatic N) is 2. The minimum absolute atomic E-state index is 0.0739. The molecule has 2 atom stereocenters. The van der Waals surface area contributed by atoms with E-state index in [0.29, 0.717) is 18.3 Å². The molecule has 138 valence electrons. The Kier molecular flexibility index (Phi) is 6.41. The van der Waals surface area contributed by atoms with Crippen molar-refractivity contribution in [1.82, 2.24) is 4.57 Å². The quantitative estimate of drug-likeness (QED) is 0.566. The second-order valence-corrected chi connectivity index (χ2v) is 8.24. The molecular weight excluding hydrogens is 392 g/mol. The minimum Gasteiger partial charge on any atom is -0.318 e. The maximum Gasteiger partial charge on any atom is 0.250 e. The Morgan fingerprint density at radius 1 is 1.08 bits per heavy atom. The molecule has 0 N–H and O–H groups in total. The van der Waals surface area contributed by atoms with Gasteiger partial charge in [0, 0.05) is 23.8 Å². The molecule has 0 saturated heterocycles. The van der Waals surface area contributed by atoms with Crippen molar-refractivity contribution in [3.63, 3.8) is 0 Å². The number of nitroso groups, excluding NO2 is 1. The van der Waals surface area contributed by atoms with E-state index >= 15 is 0 Å². The summed E-state index contributed by atoms with van der Waals surface area (Å²) >= 11 is 3.51. The Morgan fingerprint density at radius 3 is 2.35 bits per heavy atom. The number of aryl methyl sites for hydroxylation is 1. The summed E-state index contributed by atoms with van der Waals surface area (Å²) in [5.41, 5.74) is 2.02. The van der Waals surface area contributed by atoms with Crippen LogP contribution in [0.3, 0.4) is 0 Å². The zero-order valence-electron chi connectivity index (χ0n) is 15.1. The fourth-order valence-electron chi connectivity index (χ4n) is 4.14. The fourth-order valence-corrected chi connectivity index (χ4v) is 4.40. The molecule has 26 heavy (non-hydrogen) atoms. The highest BCUT2D eigenvalue weighted by Gasteiger charge is 2.29. The number of halogens is 1. The van der Waals surface area contributed by atoms with Crippen LogP contribution in [0.5, 0.6) is 0 Å². The van der Waals surface area contributed by atoms with E-state index in [-0.39, 0.29) is 5.56 Å². The summed E-state index contributed by atoms with van der Waals surface area (Å²) in [4.78, 5) is 23.3. The lowest BCUT2D eigenvalue weighted by Gasteiger charge is -2.32. The molecule has 5 heteroatoms. The Morgan fingerprint density at radius 2 is 1.73 bits per heavy atom. The lowest BCUT2D eigenvalue weighted by molar-refractivity contribution is 0.284. The monoisotopic (exact) mass is 416 g/mol. The second kappa shape index (κ2) is 8.76. The first-order valence-electron chi connectivity index (χ1n) is 9.33. The van der Waals surface area contributed by atoms with Gasteiger partial charge in [0.05, 0.1) is 0 Å². The lowest BCUT2D eigenvalue weighted by Crippen LogP contribution is -2.20. The van der Waals surface area contributed by atoms with Crippen LogP contribution in [0, 0.1) is 10.8 Å². The van der Waals surface area contributed by atoms with E-state index in [1.165, 1.54) is 48.3 Å². The van der Waals surface area contributed by atoms with Gasteiger partial charge in [0.2, 0.25) is 5.56 Å². The molecule has 1 saturated carbocycles. The van der Waals surface area contributed by atoms with E-state index in [4.69, 9.17) is 0 Å². The SMILES string of the molecule is Cn1cc(C(CC(c2ccc(Br)cc2)C2CCCCC2)N=O)ccc1=O. The van der Waals surface area contributed by atoms with Crippen LogP contribution in [-0.4, -0.2) is 4.57 Å². The third-order valence-corrected chi connectivity index (χ3v) is 6.14. The molecule has 0 spiro atoms. The van der Waals surface area contributed by atoms with Crippen LogP contribution >= 0.6 is 15.9 Å². The van der Waals surface area contributed by atoms with Crippen molar-refractivity contribution < 1.29 is 0 Å². The predicted molar refractivity (Wildman–Crippen MR) is 108 cm³/mol. The number of hydrogen-bond acceptors (Lipinski definition) is 3. The zero-order chi connectivity index (χ0) is 18.5. The largest absolute Gasteiger partial charge is 0.318 e. The molecule has 1 aliphatic rings. The van der Waals surface area contributed by atoms with E-state index in [1.807, 2.05) is 0 Å². The molecule has 3 rings (SSSR count). The van der Waals surface area contributed by atoms with Crippen molar-refractivity contribution in [2.75, 3.05) is 0 Å². The van der Waals surface area contributed by atoms with E-state index in [1.54, 1.807) is 19.3 Å². The van der Waals surface area contributed by atoms with Crippen molar-refractivity contribution in [2.24, 2.45) is 18.1 Å². The standard InChI is InChI=1S/C21H25BrN2O2/c1-24-14-17(9-12-21(24)25)20(23-26)13-19(15-5-3-2-4-6-15)16-7-10-18(22)11-8-16/h7-12,14-15,19-20H,2-6,13H2,1H3. The third kappa shape index (κ3) is 4.50. The van der Waals surface area contributed by atoms with Crippen LogP contribution in [0.4, 0.5) is 0 Å². The molecule has 4 nitrogen and oxygen atoms in total. The van der Waals surface area contributed by atoms with Gasteiger partial charge in [-0.05, 0) is 60.4 Å². The number of aromatic nitrogens is 1. The maximum atomic E-state index is 11.7. The van der Waals surface area contributed by atoms with Gasteiger partial charge in [-0.3, -0.25) is 4.79 Å². The second-order valence-electron chi connectivity index (χ2n) is 7.32. The summed E-state index contributed by atoms with van der Waals surface area (Å²) in [6, 6.07) is 11.3. The average molecular weight is 417 g/mol.